The highest BCUT2D eigenvalue weighted by atomic mass is 32.2. The molecule has 0 aliphatic heterocycles. The molecule has 3 N–H and O–H groups in total. The molecule has 0 heterocycles. The van der Waals surface area contributed by atoms with E-state index in [4.69, 9.17) is 5.14 Å². The molecule has 0 aromatic heterocycles. The molecule has 2 rings (SSSR count). The van der Waals surface area contributed by atoms with Crippen LogP contribution in [0.3, 0.4) is 0 Å². The van der Waals surface area contributed by atoms with Crippen molar-refractivity contribution in [1.29, 1.82) is 0 Å². The fourth-order valence-electron chi connectivity index (χ4n) is 2.11. The summed E-state index contributed by atoms with van der Waals surface area (Å²) < 4.78 is 49.5. The highest BCUT2D eigenvalue weighted by molar-refractivity contribution is 7.92. The van der Waals surface area contributed by atoms with E-state index in [-0.39, 0.29) is 10.6 Å². The Morgan fingerprint density at radius 2 is 1.57 bits per heavy atom. The van der Waals surface area contributed by atoms with Gasteiger partial charge in [-0.25, -0.2) is 22.0 Å². The van der Waals surface area contributed by atoms with Gasteiger partial charge in [0.2, 0.25) is 10.0 Å². The minimum absolute atomic E-state index is 0.214. The molecule has 0 fully saturated rings. The number of anilines is 1. The van der Waals surface area contributed by atoms with Crippen LogP contribution in [0.25, 0.3) is 0 Å². The number of benzene rings is 2. The van der Waals surface area contributed by atoms with E-state index in [2.05, 4.69) is 4.72 Å². The van der Waals surface area contributed by atoms with E-state index >= 15 is 0 Å². The third-order valence-electron chi connectivity index (χ3n) is 3.21. The van der Waals surface area contributed by atoms with Crippen LogP contribution in [-0.2, 0) is 25.8 Å². The van der Waals surface area contributed by atoms with Gasteiger partial charge < -0.3 is 0 Å². The summed E-state index contributed by atoms with van der Waals surface area (Å²) in [6, 6.07) is 11.2. The maximum Gasteiger partial charge on any atom is 0.262 e. The summed E-state index contributed by atoms with van der Waals surface area (Å²) in [4.78, 5) is 0.214. The number of aryl methyl sites for hydroxylation is 2. The molecular weight excluding hydrogens is 336 g/mol. The zero-order valence-corrected chi connectivity index (χ0v) is 14.4. The lowest BCUT2D eigenvalue weighted by Gasteiger charge is -2.11. The normalized spacial score (nSPS) is 12.1. The summed E-state index contributed by atoms with van der Waals surface area (Å²) in [5.74, 6) is -0.295. The molecule has 23 heavy (non-hydrogen) atoms. The van der Waals surface area contributed by atoms with Crippen molar-refractivity contribution in [2.45, 2.75) is 24.5 Å². The molecule has 0 bridgehead atoms. The minimum Gasteiger partial charge on any atom is -0.280 e. The van der Waals surface area contributed by atoms with E-state index in [1.165, 1.54) is 24.3 Å². The highest BCUT2D eigenvalue weighted by Crippen LogP contribution is 2.21. The number of nitrogens with one attached hydrogen (secondary N) is 1. The van der Waals surface area contributed by atoms with Crippen molar-refractivity contribution in [3.63, 3.8) is 0 Å². The summed E-state index contributed by atoms with van der Waals surface area (Å²) in [5, 5.41) is 4.97. The minimum atomic E-state index is -3.71. The molecule has 0 aliphatic rings. The van der Waals surface area contributed by atoms with Gasteiger partial charge in [-0.05, 0) is 48.7 Å². The van der Waals surface area contributed by atoms with Gasteiger partial charge in [0.05, 0.1) is 10.6 Å². The van der Waals surface area contributed by atoms with E-state index < -0.39 is 20.0 Å². The maximum atomic E-state index is 12.5. The Kier molecular flexibility index (Phi) is 4.79. The first-order chi connectivity index (χ1) is 10.6. The summed E-state index contributed by atoms with van der Waals surface area (Å²) in [6.07, 6.45) is 0. The lowest BCUT2D eigenvalue weighted by Crippen LogP contribution is -2.15. The van der Waals surface area contributed by atoms with Crippen molar-refractivity contribution >= 4 is 25.7 Å². The molecule has 8 heteroatoms. The van der Waals surface area contributed by atoms with Gasteiger partial charge >= 0.3 is 0 Å². The average molecular weight is 354 g/mol. The molecule has 0 unspecified atom stereocenters. The van der Waals surface area contributed by atoms with Crippen LogP contribution in [0, 0.1) is 13.8 Å². The van der Waals surface area contributed by atoms with Gasteiger partial charge in [-0.15, -0.1) is 0 Å². The third kappa shape index (κ3) is 4.78. The molecule has 2 aromatic rings. The van der Waals surface area contributed by atoms with E-state index in [0.29, 0.717) is 16.8 Å². The molecule has 0 aliphatic carbocycles. The van der Waals surface area contributed by atoms with E-state index in [0.717, 1.165) is 5.56 Å². The molecule has 124 valence electrons. The Bertz CT molecular complexity index is 918. The van der Waals surface area contributed by atoms with Crippen molar-refractivity contribution in [1.82, 2.24) is 0 Å². The van der Waals surface area contributed by atoms with Crippen LogP contribution in [0.1, 0.15) is 16.7 Å². The lowest BCUT2D eigenvalue weighted by molar-refractivity contribution is 0.596. The fourth-order valence-corrected chi connectivity index (χ4v) is 4.15. The summed E-state index contributed by atoms with van der Waals surface area (Å²) in [7, 11) is -7.32. The zero-order chi connectivity index (χ0) is 17.3. The largest absolute Gasteiger partial charge is 0.280 e. The van der Waals surface area contributed by atoms with Crippen LogP contribution in [0.2, 0.25) is 0 Å². The van der Waals surface area contributed by atoms with Gasteiger partial charge in [0, 0.05) is 5.69 Å². The van der Waals surface area contributed by atoms with Gasteiger partial charge in [0.25, 0.3) is 10.0 Å². The Labute approximate surface area is 136 Å². The Balaban J connectivity index is 2.26. The maximum absolute atomic E-state index is 12.5. The summed E-state index contributed by atoms with van der Waals surface area (Å²) in [6.45, 7) is 3.55. The van der Waals surface area contributed by atoms with E-state index in [1.54, 1.807) is 19.1 Å². The second kappa shape index (κ2) is 6.31. The predicted octanol–water partition coefficient (Wildman–Crippen LogP) is 1.89. The van der Waals surface area contributed by atoms with Gasteiger partial charge in [-0.2, -0.15) is 0 Å². The number of hydrogen-bond donors (Lipinski definition) is 2. The Morgan fingerprint density at radius 1 is 0.957 bits per heavy atom. The number of sulfonamides is 2. The average Bonchev–Trinajstić information content (AvgIpc) is 2.42. The monoisotopic (exact) mass is 354 g/mol. The first kappa shape index (κ1) is 17.5. The van der Waals surface area contributed by atoms with Crippen LogP contribution >= 0.6 is 0 Å². The number of nitrogens with two attached hydrogens (primary N) is 1. The van der Waals surface area contributed by atoms with Crippen molar-refractivity contribution in [2.24, 2.45) is 5.14 Å². The topological polar surface area (TPSA) is 106 Å². The predicted molar refractivity (Wildman–Crippen MR) is 90.0 cm³/mol. The lowest BCUT2D eigenvalue weighted by atomic mass is 10.2. The first-order valence-corrected chi connectivity index (χ1v) is 9.96. The summed E-state index contributed by atoms with van der Waals surface area (Å²) >= 11 is 0. The van der Waals surface area contributed by atoms with Gasteiger partial charge in [0.1, 0.15) is 0 Å². The fraction of sp³-hybridized carbons (Fsp3) is 0.200. The molecule has 6 nitrogen and oxygen atoms in total. The number of rotatable bonds is 5. The molecule has 0 atom stereocenters. The van der Waals surface area contributed by atoms with E-state index in [9.17, 15) is 16.8 Å². The van der Waals surface area contributed by atoms with Crippen molar-refractivity contribution < 1.29 is 16.8 Å². The molecule has 0 amide bonds. The van der Waals surface area contributed by atoms with Crippen molar-refractivity contribution in [3.8, 4) is 0 Å². The van der Waals surface area contributed by atoms with Crippen molar-refractivity contribution in [3.05, 3.63) is 59.2 Å². The van der Waals surface area contributed by atoms with Crippen LogP contribution in [0.15, 0.2) is 47.4 Å². The smallest absolute Gasteiger partial charge is 0.262 e. The van der Waals surface area contributed by atoms with E-state index in [1.807, 2.05) is 13.0 Å². The molecule has 0 spiro atoms. The first-order valence-electron chi connectivity index (χ1n) is 6.76. The van der Waals surface area contributed by atoms with Gasteiger partial charge in [-0.3, -0.25) is 4.72 Å². The van der Waals surface area contributed by atoms with Crippen LogP contribution in [0.5, 0.6) is 0 Å². The Hall–Kier alpha value is -1.90. The molecular formula is C15H18N2O4S2. The standard InChI is InChI=1S/C15H18N2O4S2/c1-11-3-4-12(2)15(9-11)23(20,21)17-14-7-5-13(6-8-14)10-22(16,18)19/h3-9,17H,10H2,1-2H3,(H2,16,18,19). The summed E-state index contributed by atoms with van der Waals surface area (Å²) in [5.41, 5.74) is 2.33. The number of primary sulfonamides is 1. The van der Waals surface area contributed by atoms with Gasteiger partial charge in [0.15, 0.2) is 0 Å². The van der Waals surface area contributed by atoms with Crippen LogP contribution in [-0.4, -0.2) is 16.8 Å². The highest BCUT2D eigenvalue weighted by Gasteiger charge is 2.17. The Morgan fingerprint density at radius 3 is 2.13 bits per heavy atom. The second-order valence-corrected chi connectivity index (χ2v) is 8.64. The quantitative estimate of drug-likeness (QED) is 0.855. The molecule has 2 aromatic carbocycles. The van der Waals surface area contributed by atoms with Crippen LogP contribution < -0.4 is 9.86 Å². The van der Waals surface area contributed by atoms with Crippen LogP contribution in [0.4, 0.5) is 5.69 Å². The molecule has 0 saturated carbocycles. The number of hydrogen-bond acceptors (Lipinski definition) is 4. The van der Waals surface area contributed by atoms with Crippen molar-refractivity contribution in [2.75, 3.05) is 4.72 Å². The molecule has 0 radical (unpaired) electrons. The molecule has 0 saturated heterocycles. The second-order valence-electron chi connectivity index (χ2n) is 5.38. The van der Waals surface area contributed by atoms with Gasteiger partial charge in [-0.1, -0.05) is 24.3 Å². The zero-order valence-electron chi connectivity index (χ0n) is 12.8. The third-order valence-corrected chi connectivity index (χ3v) is 5.47. The SMILES string of the molecule is Cc1ccc(C)c(S(=O)(=O)Nc2ccc(CS(N)(=O)=O)cc2)c1.